The molecule has 0 saturated heterocycles. The van der Waals surface area contributed by atoms with Gasteiger partial charge in [-0.2, -0.15) is 0 Å². The molecule has 0 fully saturated rings. The largest absolute Gasteiger partial charge is 0.495 e. The number of amides is 2. The van der Waals surface area contributed by atoms with Gasteiger partial charge in [-0.25, -0.2) is 0 Å². The molecule has 10 heteroatoms. The minimum absolute atomic E-state index is 0.120. The fourth-order valence-corrected chi connectivity index (χ4v) is 4.40. The maximum Gasteiger partial charge on any atom is 0.257 e. The lowest BCUT2D eigenvalue weighted by Gasteiger charge is -2.09. The van der Waals surface area contributed by atoms with Gasteiger partial charge in [0.05, 0.1) is 18.6 Å². The van der Waals surface area contributed by atoms with Crippen molar-refractivity contribution in [1.29, 1.82) is 0 Å². The molecule has 3 rings (SSSR count). The van der Waals surface area contributed by atoms with E-state index in [9.17, 15) is 9.59 Å². The number of aryl methyl sites for hydroxylation is 2. The lowest BCUT2D eigenvalue weighted by molar-refractivity contribution is -0.113. The first-order valence-corrected chi connectivity index (χ1v) is 11.0. The van der Waals surface area contributed by atoms with Crippen LogP contribution in [0.25, 0.3) is 0 Å². The molecule has 0 saturated carbocycles. The molecule has 0 aliphatic rings. The number of rotatable bonds is 7. The third kappa shape index (κ3) is 5.94. The van der Waals surface area contributed by atoms with E-state index in [0.29, 0.717) is 31.5 Å². The molecule has 1 heterocycles. The zero-order valence-corrected chi connectivity index (χ0v) is 18.9. The number of hydrogen-bond acceptors (Lipinski definition) is 7. The molecule has 2 aromatic carbocycles. The molecule has 0 aliphatic carbocycles. The summed E-state index contributed by atoms with van der Waals surface area (Å²) < 4.78 is 5.78. The van der Waals surface area contributed by atoms with Gasteiger partial charge in [0.15, 0.2) is 4.34 Å². The molecule has 156 valence electrons. The third-order valence-electron chi connectivity index (χ3n) is 3.87. The zero-order valence-electron chi connectivity index (χ0n) is 16.5. The molecule has 0 aliphatic heterocycles. The monoisotopic (exact) mass is 462 g/mol. The first-order chi connectivity index (χ1) is 14.3. The van der Waals surface area contributed by atoms with Gasteiger partial charge in [0.2, 0.25) is 11.0 Å². The van der Waals surface area contributed by atoms with Crippen LogP contribution < -0.4 is 15.4 Å². The van der Waals surface area contributed by atoms with Gasteiger partial charge in [-0.3, -0.25) is 14.9 Å². The lowest BCUT2D eigenvalue weighted by Crippen LogP contribution is -2.14. The predicted molar refractivity (Wildman–Crippen MR) is 121 cm³/mol. The van der Waals surface area contributed by atoms with Crippen molar-refractivity contribution in [3.05, 3.63) is 58.1 Å². The smallest absolute Gasteiger partial charge is 0.257 e. The topological polar surface area (TPSA) is 93.2 Å². The second-order valence-corrected chi connectivity index (χ2v) is 9.02. The van der Waals surface area contributed by atoms with E-state index in [0.717, 1.165) is 11.1 Å². The Bertz CT molecular complexity index is 1070. The number of halogens is 1. The first-order valence-electron chi connectivity index (χ1n) is 8.83. The highest BCUT2D eigenvalue weighted by Crippen LogP contribution is 2.29. The van der Waals surface area contributed by atoms with E-state index in [-0.39, 0.29) is 17.6 Å². The highest BCUT2D eigenvalue weighted by molar-refractivity contribution is 8.01. The molecule has 0 atom stereocenters. The Labute approximate surface area is 187 Å². The molecular weight excluding hydrogens is 444 g/mol. The van der Waals surface area contributed by atoms with Gasteiger partial charge in [-0.05, 0) is 44.2 Å². The van der Waals surface area contributed by atoms with Crippen LogP contribution in [0.4, 0.5) is 10.8 Å². The molecule has 2 amide bonds. The summed E-state index contributed by atoms with van der Waals surface area (Å²) in [6, 6.07) is 10.6. The van der Waals surface area contributed by atoms with Crippen LogP contribution in [-0.4, -0.2) is 34.9 Å². The number of anilines is 2. The fourth-order valence-electron chi connectivity index (χ4n) is 2.69. The summed E-state index contributed by atoms with van der Waals surface area (Å²) in [5.74, 6) is 0.150. The molecule has 3 aromatic rings. The highest BCUT2D eigenvalue weighted by atomic mass is 35.5. The van der Waals surface area contributed by atoms with Crippen LogP contribution in [0.2, 0.25) is 5.02 Å². The van der Waals surface area contributed by atoms with Crippen LogP contribution in [-0.2, 0) is 4.79 Å². The second-order valence-electron chi connectivity index (χ2n) is 6.39. The standard InChI is InChI=1S/C20H19ClN4O3S2/c1-11-6-12(2)8-13(7-11)18(27)23-19-24-25-20(30-19)29-10-17(26)22-15-9-14(21)4-5-16(15)28-3/h4-9H,10H2,1-3H3,(H,22,26)(H,23,24,27). The predicted octanol–water partition coefficient (Wildman–Crippen LogP) is 4.80. The average molecular weight is 463 g/mol. The first kappa shape index (κ1) is 22.1. The van der Waals surface area contributed by atoms with Crippen molar-refractivity contribution >= 4 is 57.3 Å². The van der Waals surface area contributed by atoms with Crippen LogP contribution in [0.3, 0.4) is 0 Å². The molecule has 0 unspecified atom stereocenters. The molecule has 2 N–H and O–H groups in total. The van der Waals surface area contributed by atoms with Crippen LogP contribution in [0.15, 0.2) is 40.7 Å². The lowest BCUT2D eigenvalue weighted by atomic mass is 10.1. The van der Waals surface area contributed by atoms with Crippen LogP contribution in [0.5, 0.6) is 5.75 Å². The Morgan fingerprint density at radius 1 is 1.10 bits per heavy atom. The molecule has 30 heavy (non-hydrogen) atoms. The van der Waals surface area contributed by atoms with E-state index in [1.165, 1.54) is 30.2 Å². The van der Waals surface area contributed by atoms with Crippen molar-refractivity contribution in [3.8, 4) is 5.75 Å². The van der Waals surface area contributed by atoms with Crippen LogP contribution in [0, 0.1) is 13.8 Å². The number of hydrogen-bond donors (Lipinski definition) is 2. The summed E-state index contributed by atoms with van der Waals surface area (Å²) >= 11 is 8.40. The molecule has 0 spiro atoms. The number of ether oxygens (including phenoxy) is 1. The van der Waals surface area contributed by atoms with Crippen molar-refractivity contribution in [1.82, 2.24) is 10.2 Å². The summed E-state index contributed by atoms with van der Waals surface area (Å²) in [7, 11) is 1.52. The summed E-state index contributed by atoms with van der Waals surface area (Å²) in [6.45, 7) is 3.88. The average Bonchev–Trinajstić information content (AvgIpc) is 3.13. The van der Waals surface area contributed by atoms with Gasteiger partial charge < -0.3 is 10.1 Å². The quantitative estimate of drug-likeness (QED) is 0.387. The van der Waals surface area contributed by atoms with Crippen molar-refractivity contribution in [2.24, 2.45) is 0 Å². The molecule has 7 nitrogen and oxygen atoms in total. The second kappa shape index (κ2) is 9.92. The van der Waals surface area contributed by atoms with Crippen molar-refractivity contribution < 1.29 is 14.3 Å². The maximum absolute atomic E-state index is 12.4. The van der Waals surface area contributed by atoms with Gasteiger partial charge in [0.25, 0.3) is 5.91 Å². The number of nitrogens with one attached hydrogen (secondary N) is 2. The Kier molecular flexibility index (Phi) is 7.30. The van der Waals surface area contributed by atoms with E-state index >= 15 is 0 Å². The van der Waals surface area contributed by atoms with Crippen LogP contribution >= 0.6 is 34.7 Å². The number of thioether (sulfide) groups is 1. The fraction of sp³-hybridized carbons (Fsp3) is 0.200. The summed E-state index contributed by atoms with van der Waals surface area (Å²) in [6.07, 6.45) is 0. The molecule has 0 radical (unpaired) electrons. The van der Waals surface area contributed by atoms with E-state index in [1.807, 2.05) is 32.0 Å². The van der Waals surface area contributed by atoms with Crippen LogP contribution in [0.1, 0.15) is 21.5 Å². The molecule has 1 aromatic heterocycles. The van der Waals surface area contributed by atoms with Crippen molar-refractivity contribution in [3.63, 3.8) is 0 Å². The number of aromatic nitrogens is 2. The van der Waals surface area contributed by atoms with Crippen molar-refractivity contribution in [2.45, 2.75) is 18.2 Å². The van der Waals surface area contributed by atoms with E-state index in [2.05, 4.69) is 20.8 Å². The Morgan fingerprint density at radius 2 is 1.83 bits per heavy atom. The number of methoxy groups -OCH3 is 1. The third-order valence-corrected chi connectivity index (χ3v) is 6.08. The zero-order chi connectivity index (χ0) is 21.7. The van der Waals surface area contributed by atoms with Gasteiger partial charge in [-0.15, -0.1) is 10.2 Å². The van der Waals surface area contributed by atoms with Gasteiger partial charge in [0.1, 0.15) is 5.75 Å². The summed E-state index contributed by atoms with van der Waals surface area (Å²) in [5.41, 5.74) is 3.08. The molecular formula is C20H19ClN4O3S2. The Hall–Kier alpha value is -2.62. The number of carbonyl (C=O) groups excluding carboxylic acids is 2. The number of carbonyl (C=O) groups is 2. The maximum atomic E-state index is 12.4. The summed E-state index contributed by atoms with van der Waals surface area (Å²) in [4.78, 5) is 24.7. The highest BCUT2D eigenvalue weighted by Gasteiger charge is 2.14. The number of nitrogens with zero attached hydrogens (tertiary/aromatic N) is 2. The minimum Gasteiger partial charge on any atom is -0.495 e. The normalized spacial score (nSPS) is 10.5. The minimum atomic E-state index is -0.250. The SMILES string of the molecule is COc1ccc(Cl)cc1NC(=O)CSc1nnc(NC(=O)c2cc(C)cc(C)c2)s1. The summed E-state index contributed by atoms with van der Waals surface area (Å²) in [5, 5.41) is 14.4. The Morgan fingerprint density at radius 3 is 2.53 bits per heavy atom. The number of benzene rings is 2. The van der Waals surface area contributed by atoms with Gasteiger partial charge >= 0.3 is 0 Å². The van der Waals surface area contributed by atoms with Crippen molar-refractivity contribution in [2.75, 3.05) is 23.5 Å². The van der Waals surface area contributed by atoms with Gasteiger partial charge in [0, 0.05) is 10.6 Å². The van der Waals surface area contributed by atoms with E-state index in [4.69, 9.17) is 16.3 Å². The van der Waals surface area contributed by atoms with Gasteiger partial charge in [-0.1, -0.05) is 51.9 Å². The molecule has 0 bridgehead atoms. The van der Waals surface area contributed by atoms with E-state index < -0.39 is 0 Å². The Balaban J connectivity index is 1.56. The van der Waals surface area contributed by atoms with E-state index in [1.54, 1.807) is 18.2 Å².